The molecule has 1 heterocycles. The summed E-state index contributed by atoms with van der Waals surface area (Å²) in [5.74, 6) is 1.50. The van der Waals surface area contributed by atoms with E-state index in [1.807, 2.05) is 19.1 Å². The summed E-state index contributed by atoms with van der Waals surface area (Å²) >= 11 is 0. The van der Waals surface area contributed by atoms with Crippen LogP contribution in [0.15, 0.2) is 23.3 Å². The summed E-state index contributed by atoms with van der Waals surface area (Å²) in [6.07, 6.45) is 8.00. The summed E-state index contributed by atoms with van der Waals surface area (Å²) in [7, 11) is 3.58. The molecule has 6 nitrogen and oxygen atoms in total. The molecule has 2 N–H and O–H groups in total. The van der Waals surface area contributed by atoms with Crippen LogP contribution >= 0.6 is 0 Å². The monoisotopic (exact) mass is 348 g/mol. The molecule has 140 valence electrons. The number of hydrogen-bond acceptors (Lipinski definition) is 4. The second kappa shape index (κ2) is 10.2. The zero-order valence-corrected chi connectivity index (χ0v) is 15.8. The number of nitrogens with one attached hydrogen (secondary N) is 2. The second-order valence-corrected chi connectivity index (χ2v) is 6.63. The number of guanidine groups is 1. The highest BCUT2D eigenvalue weighted by molar-refractivity contribution is 5.79. The summed E-state index contributed by atoms with van der Waals surface area (Å²) < 4.78 is 10.9. The molecule has 1 aromatic heterocycles. The van der Waals surface area contributed by atoms with Gasteiger partial charge in [-0.1, -0.05) is 18.9 Å². The first-order chi connectivity index (χ1) is 12.2. The molecule has 1 fully saturated rings. The molecular formula is C19H32N4O2. The van der Waals surface area contributed by atoms with E-state index in [9.17, 15) is 0 Å². The highest BCUT2D eigenvalue weighted by Crippen LogP contribution is 2.40. The highest BCUT2D eigenvalue weighted by Gasteiger charge is 2.33. The van der Waals surface area contributed by atoms with E-state index in [0.717, 1.165) is 31.1 Å². The van der Waals surface area contributed by atoms with E-state index in [-0.39, 0.29) is 0 Å². The number of rotatable bonds is 9. The number of ether oxygens (including phenoxy) is 2. The summed E-state index contributed by atoms with van der Waals surface area (Å²) in [5.41, 5.74) is 1.36. The van der Waals surface area contributed by atoms with Gasteiger partial charge in [-0.15, -0.1) is 0 Å². The van der Waals surface area contributed by atoms with Gasteiger partial charge in [0.15, 0.2) is 5.96 Å². The number of methoxy groups -OCH3 is 1. The minimum absolute atomic E-state index is 0.332. The molecule has 0 spiro atoms. The number of hydrogen-bond donors (Lipinski definition) is 2. The molecule has 1 aliphatic carbocycles. The van der Waals surface area contributed by atoms with Crippen LogP contribution < -0.4 is 15.4 Å². The summed E-state index contributed by atoms with van der Waals surface area (Å²) in [6.45, 7) is 4.96. The van der Waals surface area contributed by atoms with E-state index in [4.69, 9.17) is 9.47 Å². The number of pyridine rings is 1. The van der Waals surface area contributed by atoms with Crippen LogP contribution in [0.4, 0.5) is 0 Å². The maximum atomic E-state index is 5.58. The van der Waals surface area contributed by atoms with Crippen molar-refractivity contribution in [2.75, 3.05) is 33.9 Å². The van der Waals surface area contributed by atoms with E-state index < -0.39 is 0 Å². The Kier molecular flexibility index (Phi) is 7.98. The fraction of sp³-hybridized carbons (Fsp3) is 0.684. The molecule has 0 saturated heterocycles. The van der Waals surface area contributed by atoms with Gasteiger partial charge in [-0.2, -0.15) is 0 Å². The average molecular weight is 348 g/mol. The van der Waals surface area contributed by atoms with Crippen LogP contribution in [0.5, 0.6) is 5.88 Å². The van der Waals surface area contributed by atoms with E-state index in [1.165, 1.54) is 25.7 Å². The largest absolute Gasteiger partial charge is 0.478 e. The molecule has 0 aromatic carbocycles. The smallest absolute Gasteiger partial charge is 0.218 e. The van der Waals surface area contributed by atoms with Gasteiger partial charge in [-0.25, -0.2) is 4.98 Å². The Morgan fingerprint density at radius 1 is 1.32 bits per heavy atom. The number of nitrogens with zero attached hydrogens (tertiary/aromatic N) is 2. The third-order valence-electron chi connectivity index (χ3n) is 4.93. The van der Waals surface area contributed by atoms with Crippen molar-refractivity contribution in [3.63, 3.8) is 0 Å². The minimum Gasteiger partial charge on any atom is -0.478 e. The third kappa shape index (κ3) is 5.88. The Bertz CT molecular complexity index is 542. The van der Waals surface area contributed by atoms with Gasteiger partial charge >= 0.3 is 0 Å². The molecule has 0 unspecified atom stereocenters. The minimum atomic E-state index is 0.332. The van der Waals surface area contributed by atoms with E-state index in [1.54, 1.807) is 20.4 Å². The number of aromatic nitrogens is 1. The summed E-state index contributed by atoms with van der Waals surface area (Å²) in [6, 6.07) is 3.95. The van der Waals surface area contributed by atoms with Crippen LogP contribution in [0, 0.1) is 5.41 Å². The molecule has 0 aliphatic heterocycles. The molecule has 1 saturated carbocycles. The van der Waals surface area contributed by atoms with Crippen molar-refractivity contribution in [2.24, 2.45) is 10.4 Å². The van der Waals surface area contributed by atoms with Crippen molar-refractivity contribution in [3.05, 3.63) is 23.9 Å². The first-order valence-corrected chi connectivity index (χ1v) is 9.23. The lowest BCUT2D eigenvalue weighted by Gasteiger charge is -2.30. The van der Waals surface area contributed by atoms with Crippen LogP contribution in [-0.4, -0.2) is 44.9 Å². The van der Waals surface area contributed by atoms with Crippen LogP contribution in [0.25, 0.3) is 0 Å². The Labute approximate surface area is 151 Å². The van der Waals surface area contributed by atoms with Crippen LogP contribution in [0.1, 0.15) is 44.6 Å². The van der Waals surface area contributed by atoms with Gasteiger partial charge in [0.05, 0.1) is 6.61 Å². The zero-order valence-electron chi connectivity index (χ0n) is 15.8. The summed E-state index contributed by atoms with van der Waals surface area (Å²) in [5, 5.41) is 6.87. The second-order valence-electron chi connectivity index (χ2n) is 6.63. The van der Waals surface area contributed by atoms with Crippen molar-refractivity contribution < 1.29 is 9.47 Å². The first kappa shape index (κ1) is 19.5. The fourth-order valence-corrected chi connectivity index (χ4v) is 3.45. The molecule has 25 heavy (non-hydrogen) atoms. The molecular weight excluding hydrogens is 316 g/mol. The summed E-state index contributed by atoms with van der Waals surface area (Å²) in [4.78, 5) is 8.64. The van der Waals surface area contributed by atoms with Crippen LogP contribution in [-0.2, 0) is 11.3 Å². The van der Waals surface area contributed by atoms with Crippen molar-refractivity contribution >= 4 is 5.96 Å². The Morgan fingerprint density at radius 2 is 2.12 bits per heavy atom. The lowest BCUT2D eigenvalue weighted by molar-refractivity contribution is 0.138. The van der Waals surface area contributed by atoms with E-state index in [0.29, 0.717) is 24.4 Å². The molecule has 6 heteroatoms. The Balaban J connectivity index is 1.88. The highest BCUT2D eigenvalue weighted by atomic mass is 16.5. The average Bonchev–Trinajstić information content (AvgIpc) is 3.11. The van der Waals surface area contributed by atoms with Gasteiger partial charge in [0.2, 0.25) is 5.88 Å². The predicted molar refractivity (Wildman–Crippen MR) is 101 cm³/mol. The van der Waals surface area contributed by atoms with Gasteiger partial charge < -0.3 is 20.1 Å². The van der Waals surface area contributed by atoms with Crippen molar-refractivity contribution in [1.82, 2.24) is 15.6 Å². The molecule has 1 aromatic rings. The van der Waals surface area contributed by atoms with Crippen molar-refractivity contribution in [1.29, 1.82) is 0 Å². The standard InChI is InChI=1S/C19H32N4O2/c1-4-25-17-16(8-7-12-21-17)14-22-18(20-2)23-15-19(11-13-24-3)9-5-6-10-19/h7-8,12H,4-6,9-11,13-15H2,1-3H3,(H2,20,22,23). The van der Waals surface area contributed by atoms with Gasteiger partial charge in [0, 0.05) is 45.6 Å². The Hall–Kier alpha value is -1.82. The third-order valence-corrected chi connectivity index (χ3v) is 4.93. The normalized spacial score (nSPS) is 16.7. The lowest BCUT2D eigenvalue weighted by atomic mass is 9.83. The van der Waals surface area contributed by atoms with Crippen molar-refractivity contribution in [3.8, 4) is 5.88 Å². The fourth-order valence-electron chi connectivity index (χ4n) is 3.45. The predicted octanol–water partition coefficient (Wildman–Crippen LogP) is 2.74. The van der Waals surface area contributed by atoms with E-state index in [2.05, 4.69) is 20.6 Å². The van der Waals surface area contributed by atoms with E-state index >= 15 is 0 Å². The van der Waals surface area contributed by atoms with Crippen LogP contribution in [0.2, 0.25) is 0 Å². The Morgan fingerprint density at radius 3 is 2.80 bits per heavy atom. The quantitative estimate of drug-likeness (QED) is 0.530. The molecule has 0 amide bonds. The van der Waals surface area contributed by atoms with Gasteiger partial charge in [-0.05, 0) is 37.7 Å². The topological polar surface area (TPSA) is 67.8 Å². The molecule has 2 rings (SSSR count). The molecule has 0 bridgehead atoms. The van der Waals surface area contributed by atoms with Gasteiger partial charge in [-0.3, -0.25) is 4.99 Å². The van der Waals surface area contributed by atoms with Gasteiger partial charge in [0.1, 0.15) is 0 Å². The first-order valence-electron chi connectivity index (χ1n) is 9.23. The maximum absolute atomic E-state index is 5.58. The zero-order chi connectivity index (χ0) is 18.0. The van der Waals surface area contributed by atoms with Gasteiger partial charge in [0.25, 0.3) is 0 Å². The molecule has 0 atom stereocenters. The van der Waals surface area contributed by atoms with Crippen molar-refractivity contribution in [2.45, 2.75) is 45.6 Å². The molecule has 1 aliphatic rings. The maximum Gasteiger partial charge on any atom is 0.218 e. The number of aliphatic imine (C=N–C) groups is 1. The molecule has 0 radical (unpaired) electrons. The SMILES string of the molecule is CCOc1ncccc1CNC(=NC)NCC1(CCOC)CCCC1. The van der Waals surface area contributed by atoms with Crippen LogP contribution in [0.3, 0.4) is 0 Å². The lowest BCUT2D eigenvalue weighted by Crippen LogP contribution is -2.43.